The van der Waals surface area contributed by atoms with Crippen molar-refractivity contribution >= 4 is 23.1 Å². The lowest BCUT2D eigenvalue weighted by molar-refractivity contribution is -0.385. The lowest BCUT2D eigenvalue weighted by Crippen LogP contribution is -2.13. The number of hydrogen-bond donors (Lipinski definition) is 1. The van der Waals surface area contributed by atoms with Gasteiger partial charge in [-0.15, -0.1) is 0 Å². The Kier molecular flexibility index (Phi) is 4.95. The zero-order valence-electron chi connectivity index (χ0n) is 10.6. The second kappa shape index (κ2) is 6.91. The average molecular weight is 292 g/mol. The highest BCUT2D eigenvalue weighted by molar-refractivity contribution is 8.22. The van der Waals surface area contributed by atoms with Crippen molar-refractivity contribution in [2.45, 2.75) is 5.92 Å². The molecule has 2 rings (SSSR count). The van der Waals surface area contributed by atoms with E-state index in [2.05, 4.69) is 10.8 Å². The van der Waals surface area contributed by atoms with E-state index in [0.29, 0.717) is 5.56 Å². The minimum atomic E-state index is -0.450. The van der Waals surface area contributed by atoms with E-state index in [1.165, 1.54) is 12.5 Å². The first-order chi connectivity index (χ1) is 9.72. The van der Waals surface area contributed by atoms with Crippen LogP contribution in [0.1, 0.15) is 11.5 Å². The van der Waals surface area contributed by atoms with Crippen LogP contribution in [0.4, 0.5) is 5.69 Å². The van der Waals surface area contributed by atoms with Gasteiger partial charge >= 0.3 is 6.47 Å². The molecule has 0 amide bonds. The smallest absolute Gasteiger partial charge is 0.417 e. The summed E-state index contributed by atoms with van der Waals surface area (Å²) in [4.78, 5) is 21.0. The Morgan fingerprint density at radius 3 is 2.65 bits per heavy atom. The standard InChI is InChI=1S/C14H14NO4S/c16-11-19-9-12(10-20-7-3-4-8-20)13-5-1-2-6-14(13)15(17)18/h1-8,12,20H,9-10H2. The van der Waals surface area contributed by atoms with Crippen LogP contribution < -0.4 is 0 Å². The predicted molar refractivity (Wildman–Crippen MR) is 79.6 cm³/mol. The quantitative estimate of drug-likeness (QED) is 0.476. The van der Waals surface area contributed by atoms with Gasteiger partial charge in [-0.2, -0.15) is 0 Å². The molecular formula is C14H14NO4S. The first-order valence-corrected chi connectivity index (χ1v) is 7.72. The molecule has 6 heteroatoms. The summed E-state index contributed by atoms with van der Waals surface area (Å²) in [6.45, 7) is 1.50. The summed E-state index contributed by atoms with van der Waals surface area (Å²) in [6, 6.07) is 6.58. The van der Waals surface area contributed by atoms with Gasteiger partial charge in [-0.25, -0.2) is 15.7 Å². The second-order valence-corrected chi connectivity index (χ2v) is 6.28. The Hall–Kier alpha value is -2.08. The molecular weight excluding hydrogens is 278 g/mol. The van der Waals surface area contributed by atoms with Gasteiger partial charge in [0.2, 0.25) is 0 Å². The molecule has 0 fully saturated rings. The second-order valence-electron chi connectivity index (χ2n) is 4.29. The van der Waals surface area contributed by atoms with Crippen molar-refractivity contribution in [3.8, 4) is 0 Å². The van der Waals surface area contributed by atoms with Gasteiger partial charge in [0.25, 0.3) is 5.69 Å². The molecule has 0 bridgehead atoms. The Bertz CT molecular complexity index is 544. The summed E-state index contributed by atoms with van der Waals surface area (Å²) < 4.78 is 4.73. The number of nitrogens with zero attached hydrogens (tertiary/aromatic N) is 1. The van der Waals surface area contributed by atoms with E-state index in [9.17, 15) is 14.9 Å². The van der Waals surface area contributed by atoms with E-state index in [4.69, 9.17) is 4.74 Å². The van der Waals surface area contributed by atoms with Gasteiger partial charge in [0.05, 0.1) is 11.5 Å². The van der Waals surface area contributed by atoms with Crippen molar-refractivity contribution in [1.82, 2.24) is 0 Å². The van der Waals surface area contributed by atoms with E-state index >= 15 is 0 Å². The molecule has 5 nitrogen and oxygen atoms in total. The van der Waals surface area contributed by atoms with E-state index < -0.39 is 15.8 Å². The minimum Gasteiger partial charge on any atom is -0.457 e. The number of rotatable bonds is 7. The van der Waals surface area contributed by atoms with Crippen LogP contribution in [0.5, 0.6) is 0 Å². The molecule has 0 saturated carbocycles. The molecule has 0 aromatic heterocycles. The first kappa shape index (κ1) is 14.3. The van der Waals surface area contributed by atoms with Crippen molar-refractivity contribution < 1.29 is 14.5 Å². The zero-order valence-corrected chi connectivity index (χ0v) is 11.5. The Morgan fingerprint density at radius 2 is 2.00 bits per heavy atom. The normalized spacial score (nSPS) is 16.1. The third-order valence-corrected chi connectivity index (χ3v) is 4.99. The van der Waals surface area contributed by atoms with Crippen molar-refractivity contribution in [3.63, 3.8) is 0 Å². The Balaban J connectivity index is 2.25. The molecule has 0 N–H and O–H groups in total. The monoisotopic (exact) mass is 292 g/mol. The van der Waals surface area contributed by atoms with Gasteiger partial charge in [-0.1, -0.05) is 30.4 Å². The highest BCUT2D eigenvalue weighted by Gasteiger charge is 2.23. The number of hydrogen-bond acceptors (Lipinski definition) is 4. The van der Waals surface area contributed by atoms with Gasteiger partial charge < -0.3 is 4.74 Å². The number of para-hydroxylation sites is 1. The lowest BCUT2D eigenvalue weighted by Gasteiger charge is -2.20. The van der Waals surface area contributed by atoms with E-state index in [1.807, 2.05) is 12.2 Å². The van der Waals surface area contributed by atoms with Crippen molar-refractivity contribution in [2.24, 2.45) is 0 Å². The van der Waals surface area contributed by atoms with Gasteiger partial charge in [0, 0.05) is 17.5 Å². The van der Waals surface area contributed by atoms with Crippen molar-refractivity contribution in [1.29, 1.82) is 0 Å². The maximum absolute atomic E-state index is 11.1. The van der Waals surface area contributed by atoms with Crippen molar-refractivity contribution in [3.05, 3.63) is 62.9 Å². The number of nitro groups is 1. The van der Waals surface area contributed by atoms with Crippen LogP contribution in [-0.4, -0.2) is 23.8 Å². The summed E-state index contributed by atoms with van der Waals surface area (Å²) in [5, 5.41) is 15.3. The summed E-state index contributed by atoms with van der Waals surface area (Å²) in [7, 11) is -0.450. The molecule has 1 atom stereocenters. The molecule has 1 aromatic rings. The fourth-order valence-corrected chi connectivity index (χ4v) is 3.92. The summed E-state index contributed by atoms with van der Waals surface area (Å²) in [5.74, 6) is 0.520. The largest absolute Gasteiger partial charge is 0.457 e. The molecule has 0 spiro atoms. The minimum absolute atomic E-state index is 0.0640. The average Bonchev–Trinajstić information content (AvgIpc) is 2.96. The first-order valence-electron chi connectivity index (χ1n) is 6.05. The van der Waals surface area contributed by atoms with Crippen LogP contribution in [-0.2, 0) is 9.53 Å². The topological polar surface area (TPSA) is 69.4 Å². The van der Waals surface area contributed by atoms with Crippen LogP contribution in [0.3, 0.4) is 0 Å². The Morgan fingerprint density at radius 1 is 1.30 bits per heavy atom. The summed E-state index contributed by atoms with van der Waals surface area (Å²) in [5.41, 5.74) is 0.665. The van der Waals surface area contributed by atoms with Crippen LogP contribution in [0.2, 0.25) is 0 Å². The van der Waals surface area contributed by atoms with Gasteiger partial charge in [-0.05, 0) is 16.6 Å². The summed E-state index contributed by atoms with van der Waals surface area (Å²) in [6.07, 6.45) is 3.93. The number of benzene rings is 1. The number of allylic oxidation sites excluding steroid dienone is 2. The molecule has 1 aliphatic heterocycles. The number of nitro benzene ring substituents is 1. The molecule has 0 saturated heterocycles. The van der Waals surface area contributed by atoms with Crippen LogP contribution in [0, 0.1) is 10.1 Å². The fourth-order valence-electron chi connectivity index (χ4n) is 2.12. The predicted octanol–water partition coefficient (Wildman–Crippen LogP) is 2.80. The molecule has 1 aliphatic rings. The van der Waals surface area contributed by atoms with Crippen molar-refractivity contribution in [2.75, 3.05) is 12.4 Å². The molecule has 1 heterocycles. The number of thiol groups is 1. The zero-order chi connectivity index (χ0) is 14.4. The number of carbonyl (C=O) groups excluding carboxylic acids is 1. The van der Waals surface area contributed by atoms with Gasteiger partial charge in [0.15, 0.2) is 0 Å². The third kappa shape index (κ3) is 3.48. The third-order valence-electron chi connectivity index (χ3n) is 3.01. The van der Waals surface area contributed by atoms with E-state index in [0.717, 1.165) is 5.75 Å². The highest BCUT2D eigenvalue weighted by Crippen LogP contribution is 2.39. The lowest BCUT2D eigenvalue weighted by atomic mass is 10.00. The molecule has 105 valence electrons. The van der Waals surface area contributed by atoms with E-state index in [-0.39, 0.29) is 18.2 Å². The fraction of sp³-hybridized carbons (Fsp3) is 0.214. The maximum Gasteiger partial charge on any atom is 0.417 e. The van der Waals surface area contributed by atoms with E-state index in [1.54, 1.807) is 18.2 Å². The van der Waals surface area contributed by atoms with Crippen LogP contribution in [0.15, 0.2) is 47.2 Å². The summed E-state index contributed by atoms with van der Waals surface area (Å²) >= 11 is 0. The van der Waals surface area contributed by atoms with Crippen LogP contribution in [0.25, 0.3) is 0 Å². The molecule has 1 aromatic carbocycles. The SMILES string of the molecule is O=[C]OCC(C[SH]1C=CC=C1)c1ccccc1[N+](=O)[O-]. The van der Waals surface area contributed by atoms with Gasteiger partial charge in [-0.3, -0.25) is 10.1 Å². The van der Waals surface area contributed by atoms with Gasteiger partial charge in [0.1, 0.15) is 0 Å². The molecule has 0 aliphatic carbocycles. The molecule has 1 unspecified atom stereocenters. The van der Waals surface area contributed by atoms with Crippen LogP contribution >= 0.6 is 10.9 Å². The highest BCUT2D eigenvalue weighted by atomic mass is 32.2. The Labute approximate surface area is 119 Å². The maximum atomic E-state index is 11.1. The molecule has 20 heavy (non-hydrogen) atoms. The number of ether oxygens (including phenoxy) is 1. The molecule has 1 radical (unpaired) electrons.